The number of ether oxygens (including phenoxy) is 1. The molecule has 0 radical (unpaired) electrons. The summed E-state index contributed by atoms with van der Waals surface area (Å²) in [6, 6.07) is 15.0. The molecule has 1 fully saturated rings. The minimum Gasteiger partial charge on any atom is -0.492 e. The van der Waals surface area contributed by atoms with Gasteiger partial charge in [0, 0.05) is 43.7 Å². The SMILES string of the molecule is O=C(C1COc2ccccc2C1)N1CCC(Cn2nc(-c3ccncc3)ccc2=O)CC1. The summed E-state index contributed by atoms with van der Waals surface area (Å²) < 4.78 is 7.37. The van der Waals surface area contributed by atoms with Crippen LogP contribution in [-0.4, -0.2) is 45.3 Å². The third kappa shape index (κ3) is 4.28. The first-order valence-electron chi connectivity index (χ1n) is 11.2. The fraction of sp³-hybridized carbons (Fsp3) is 0.360. The lowest BCUT2D eigenvalue weighted by Crippen LogP contribution is -2.45. The van der Waals surface area contributed by atoms with Crippen LogP contribution < -0.4 is 10.3 Å². The number of hydrogen-bond acceptors (Lipinski definition) is 5. The maximum atomic E-state index is 13.1. The van der Waals surface area contributed by atoms with E-state index >= 15 is 0 Å². The Morgan fingerprint density at radius 1 is 1.03 bits per heavy atom. The van der Waals surface area contributed by atoms with E-state index in [0.29, 0.717) is 32.2 Å². The number of fused-ring (bicyclic) bond motifs is 1. The van der Waals surface area contributed by atoms with Gasteiger partial charge in [-0.3, -0.25) is 14.6 Å². The van der Waals surface area contributed by atoms with Crippen molar-refractivity contribution in [3.8, 4) is 17.0 Å². The fourth-order valence-corrected chi connectivity index (χ4v) is 4.58. The Kier molecular flexibility index (Phi) is 5.71. The van der Waals surface area contributed by atoms with Gasteiger partial charge in [0.2, 0.25) is 5.91 Å². The second kappa shape index (κ2) is 8.94. The van der Waals surface area contributed by atoms with E-state index in [9.17, 15) is 9.59 Å². The molecule has 7 heteroatoms. The number of likely N-dealkylation sites (tertiary alicyclic amines) is 1. The zero-order valence-electron chi connectivity index (χ0n) is 17.9. The van der Waals surface area contributed by atoms with Gasteiger partial charge in [-0.2, -0.15) is 5.10 Å². The third-order valence-corrected chi connectivity index (χ3v) is 6.43. The summed E-state index contributed by atoms with van der Waals surface area (Å²) in [4.78, 5) is 31.4. The molecule has 1 saturated heterocycles. The molecule has 2 aromatic heterocycles. The van der Waals surface area contributed by atoms with E-state index in [1.54, 1.807) is 29.2 Å². The summed E-state index contributed by atoms with van der Waals surface area (Å²) in [5.74, 6) is 1.26. The van der Waals surface area contributed by atoms with Crippen LogP contribution in [0.15, 0.2) is 65.7 Å². The topological polar surface area (TPSA) is 77.3 Å². The molecule has 32 heavy (non-hydrogen) atoms. The number of rotatable bonds is 4. The first kappa shape index (κ1) is 20.4. The number of aromatic nitrogens is 3. The number of piperidine rings is 1. The molecule has 4 heterocycles. The number of carbonyl (C=O) groups excluding carboxylic acids is 1. The van der Waals surface area contributed by atoms with E-state index < -0.39 is 0 Å². The number of hydrogen-bond donors (Lipinski definition) is 0. The highest BCUT2D eigenvalue weighted by Crippen LogP contribution is 2.29. The van der Waals surface area contributed by atoms with Crippen molar-refractivity contribution >= 4 is 5.91 Å². The van der Waals surface area contributed by atoms with Gasteiger partial charge in [-0.25, -0.2) is 4.68 Å². The van der Waals surface area contributed by atoms with Gasteiger partial charge in [0.25, 0.3) is 5.56 Å². The molecular formula is C25H26N4O3. The Bertz CT molecular complexity index is 1150. The van der Waals surface area contributed by atoms with E-state index in [0.717, 1.165) is 41.8 Å². The number of benzene rings is 1. The number of amides is 1. The summed E-state index contributed by atoms with van der Waals surface area (Å²) in [5.41, 5.74) is 2.70. The highest BCUT2D eigenvalue weighted by atomic mass is 16.5. The third-order valence-electron chi connectivity index (χ3n) is 6.43. The minimum absolute atomic E-state index is 0.0978. The molecule has 7 nitrogen and oxygen atoms in total. The smallest absolute Gasteiger partial charge is 0.266 e. The predicted octanol–water partition coefficient (Wildman–Crippen LogP) is 2.80. The molecule has 5 rings (SSSR count). The normalized spacial score (nSPS) is 18.6. The Morgan fingerprint density at radius 2 is 1.81 bits per heavy atom. The zero-order valence-corrected chi connectivity index (χ0v) is 17.9. The van der Waals surface area contributed by atoms with E-state index in [4.69, 9.17) is 4.74 Å². The van der Waals surface area contributed by atoms with Crippen molar-refractivity contribution in [1.82, 2.24) is 19.7 Å². The van der Waals surface area contributed by atoms with E-state index in [-0.39, 0.29) is 17.4 Å². The second-order valence-electron chi connectivity index (χ2n) is 8.56. The van der Waals surface area contributed by atoms with Gasteiger partial charge >= 0.3 is 0 Å². The van der Waals surface area contributed by atoms with Crippen LogP contribution in [0.4, 0.5) is 0 Å². The van der Waals surface area contributed by atoms with Crippen LogP contribution in [-0.2, 0) is 17.8 Å². The molecular weight excluding hydrogens is 404 g/mol. The Morgan fingerprint density at radius 3 is 2.62 bits per heavy atom. The van der Waals surface area contributed by atoms with Crippen molar-refractivity contribution in [2.75, 3.05) is 19.7 Å². The Hall–Kier alpha value is -3.48. The fourth-order valence-electron chi connectivity index (χ4n) is 4.58. The quantitative estimate of drug-likeness (QED) is 0.636. The number of pyridine rings is 1. The molecule has 1 aromatic carbocycles. The maximum absolute atomic E-state index is 13.1. The highest BCUT2D eigenvalue weighted by Gasteiger charge is 2.31. The van der Waals surface area contributed by atoms with Gasteiger partial charge in [0.05, 0.1) is 11.6 Å². The van der Waals surface area contributed by atoms with Gasteiger partial charge in [-0.15, -0.1) is 0 Å². The number of carbonyl (C=O) groups is 1. The molecule has 0 N–H and O–H groups in total. The van der Waals surface area contributed by atoms with Crippen LogP contribution >= 0.6 is 0 Å². The van der Waals surface area contributed by atoms with Crippen molar-refractivity contribution in [2.24, 2.45) is 11.8 Å². The van der Waals surface area contributed by atoms with Gasteiger partial charge in [-0.05, 0) is 55.0 Å². The average molecular weight is 431 g/mol. The molecule has 2 aliphatic heterocycles. The van der Waals surface area contributed by atoms with Crippen molar-refractivity contribution < 1.29 is 9.53 Å². The first-order chi connectivity index (χ1) is 15.7. The van der Waals surface area contributed by atoms with Crippen LogP contribution in [0.2, 0.25) is 0 Å². The Labute approximate surface area is 186 Å². The predicted molar refractivity (Wildman–Crippen MR) is 120 cm³/mol. The monoisotopic (exact) mass is 430 g/mol. The van der Waals surface area contributed by atoms with E-state index in [1.807, 2.05) is 41.3 Å². The summed E-state index contributed by atoms with van der Waals surface area (Å²) in [7, 11) is 0. The van der Waals surface area contributed by atoms with Crippen LogP contribution in [0, 0.1) is 11.8 Å². The van der Waals surface area contributed by atoms with Crippen LogP contribution in [0.3, 0.4) is 0 Å². The summed E-state index contributed by atoms with van der Waals surface area (Å²) in [5, 5.41) is 4.56. The van der Waals surface area contributed by atoms with Crippen molar-refractivity contribution in [2.45, 2.75) is 25.8 Å². The minimum atomic E-state index is -0.122. The Balaban J connectivity index is 1.20. The molecule has 164 valence electrons. The molecule has 0 saturated carbocycles. The van der Waals surface area contributed by atoms with Gasteiger partial charge in [0.15, 0.2) is 0 Å². The molecule has 1 atom stereocenters. The van der Waals surface area contributed by atoms with Crippen LogP contribution in [0.5, 0.6) is 5.75 Å². The largest absolute Gasteiger partial charge is 0.492 e. The lowest BCUT2D eigenvalue weighted by molar-refractivity contribution is -0.138. The number of para-hydroxylation sites is 1. The molecule has 0 spiro atoms. The molecule has 0 aliphatic carbocycles. The van der Waals surface area contributed by atoms with E-state index in [1.165, 1.54) is 0 Å². The molecule has 1 unspecified atom stereocenters. The molecule has 0 bridgehead atoms. The van der Waals surface area contributed by atoms with E-state index in [2.05, 4.69) is 10.1 Å². The average Bonchev–Trinajstić information content (AvgIpc) is 2.85. The molecule has 3 aromatic rings. The van der Waals surface area contributed by atoms with Crippen molar-refractivity contribution in [3.63, 3.8) is 0 Å². The summed E-state index contributed by atoms with van der Waals surface area (Å²) >= 11 is 0. The van der Waals surface area contributed by atoms with Crippen LogP contribution in [0.1, 0.15) is 18.4 Å². The van der Waals surface area contributed by atoms with Gasteiger partial charge < -0.3 is 9.64 Å². The zero-order chi connectivity index (χ0) is 21.9. The molecule has 2 aliphatic rings. The lowest BCUT2D eigenvalue weighted by Gasteiger charge is -2.35. The first-order valence-corrected chi connectivity index (χ1v) is 11.2. The van der Waals surface area contributed by atoms with Gasteiger partial charge in [-0.1, -0.05) is 18.2 Å². The van der Waals surface area contributed by atoms with Gasteiger partial charge in [0.1, 0.15) is 12.4 Å². The standard InChI is InChI=1S/C25H26N4O3/c30-24-6-5-22(19-7-11-26-12-8-19)27-29(24)16-18-9-13-28(14-10-18)25(31)21-15-20-3-1-2-4-23(20)32-17-21/h1-8,11-12,18,21H,9-10,13-17H2. The lowest BCUT2D eigenvalue weighted by atomic mass is 9.92. The van der Waals surface area contributed by atoms with Crippen LogP contribution in [0.25, 0.3) is 11.3 Å². The van der Waals surface area contributed by atoms with Crippen molar-refractivity contribution in [1.29, 1.82) is 0 Å². The highest BCUT2D eigenvalue weighted by molar-refractivity contribution is 5.80. The molecule has 1 amide bonds. The van der Waals surface area contributed by atoms with Crippen molar-refractivity contribution in [3.05, 3.63) is 76.8 Å². The summed E-state index contributed by atoms with van der Waals surface area (Å²) in [6.07, 6.45) is 5.90. The second-order valence-corrected chi connectivity index (χ2v) is 8.56. The summed E-state index contributed by atoms with van der Waals surface area (Å²) in [6.45, 7) is 2.43. The number of nitrogens with zero attached hydrogens (tertiary/aromatic N) is 4. The maximum Gasteiger partial charge on any atom is 0.266 e.